The molecule has 0 aliphatic heterocycles. The Kier molecular flexibility index (Phi) is 5.76. The van der Waals surface area contributed by atoms with Crippen LogP contribution in [0.4, 0.5) is 18.9 Å². The minimum Gasteiger partial charge on any atom is -0.318 e. The third kappa shape index (κ3) is 4.92. The first kappa shape index (κ1) is 19.2. The number of aryl methyl sites for hydroxylation is 2. The molecule has 2 aromatic carbocycles. The number of amides is 2. The van der Waals surface area contributed by atoms with E-state index in [-0.39, 0.29) is 5.56 Å². The van der Waals surface area contributed by atoms with Gasteiger partial charge in [0.25, 0.3) is 0 Å². The summed E-state index contributed by atoms with van der Waals surface area (Å²) in [6, 6.07) is 9.87. The van der Waals surface area contributed by atoms with Crippen molar-refractivity contribution < 1.29 is 22.8 Å². The van der Waals surface area contributed by atoms with Gasteiger partial charge in [-0.15, -0.1) is 0 Å². The van der Waals surface area contributed by atoms with Crippen molar-refractivity contribution in [3.8, 4) is 0 Å². The number of carbonyl (C=O) groups excluding carboxylic acids is 2. The Morgan fingerprint density at radius 2 is 1.69 bits per heavy atom. The summed E-state index contributed by atoms with van der Waals surface area (Å²) in [6.07, 6.45) is -3.71. The number of benzene rings is 2. The molecular formula is C18H16F3N3O2. The molecule has 0 radical (unpaired) electrons. The number of halogens is 3. The Bertz CT molecular complexity index is 861. The summed E-state index contributed by atoms with van der Waals surface area (Å²) in [6.45, 7) is 3.76. The maximum absolute atomic E-state index is 12.9. The number of alkyl halides is 3. The van der Waals surface area contributed by atoms with Gasteiger partial charge in [0.05, 0.1) is 11.8 Å². The molecule has 0 atom stereocenters. The monoisotopic (exact) mass is 363 g/mol. The highest BCUT2D eigenvalue weighted by Crippen LogP contribution is 2.31. The van der Waals surface area contributed by atoms with Gasteiger partial charge in [-0.3, -0.25) is 9.59 Å². The van der Waals surface area contributed by atoms with E-state index < -0.39 is 23.6 Å². The summed E-state index contributed by atoms with van der Waals surface area (Å²) in [5.41, 5.74) is 3.18. The molecule has 5 nitrogen and oxygen atoms in total. The van der Waals surface area contributed by atoms with Gasteiger partial charge in [0.2, 0.25) is 0 Å². The lowest BCUT2D eigenvalue weighted by Crippen LogP contribution is -2.32. The van der Waals surface area contributed by atoms with Gasteiger partial charge >= 0.3 is 18.0 Å². The molecule has 0 heterocycles. The second-order valence-corrected chi connectivity index (χ2v) is 5.54. The normalized spacial score (nSPS) is 11.4. The zero-order valence-corrected chi connectivity index (χ0v) is 14.0. The largest absolute Gasteiger partial charge is 0.417 e. The van der Waals surface area contributed by atoms with E-state index in [4.69, 9.17) is 0 Å². The van der Waals surface area contributed by atoms with Crippen molar-refractivity contribution in [2.45, 2.75) is 20.0 Å². The molecule has 0 saturated heterocycles. The van der Waals surface area contributed by atoms with E-state index in [2.05, 4.69) is 10.4 Å². The lowest BCUT2D eigenvalue weighted by atomic mass is 10.1. The van der Waals surface area contributed by atoms with Crippen LogP contribution in [0.3, 0.4) is 0 Å². The van der Waals surface area contributed by atoms with Crippen LogP contribution in [-0.2, 0) is 15.8 Å². The number of anilines is 1. The van der Waals surface area contributed by atoms with Gasteiger partial charge in [0.1, 0.15) is 0 Å². The average Bonchev–Trinajstić information content (AvgIpc) is 2.57. The molecule has 0 fully saturated rings. The van der Waals surface area contributed by atoms with E-state index in [1.54, 1.807) is 18.2 Å². The zero-order valence-electron chi connectivity index (χ0n) is 14.0. The highest BCUT2D eigenvalue weighted by atomic mass is 19.4. The molecule has 8 heteroatoms. The lowest BCUT2D eigenvalue weighted by Gasteiger charge is -2.09. The fourth-order valence-corrected chi connectivity index (χ4v) is 2.09. The molecule has 0 aliphatic carbocycles. The first-order valence-electron chi connectivity index (χ1n) is 7.56. The molecule has 0 spiro atoms. The van der Waals surface area contributed by atoms with Crippen molar-refractivity contribution in [2.24, 2.45) is 5.10 Å². The van der Waals surface area contributed by atoms with Crippen LogP contribution in [0.2, 0.25) is 0 Å². The minimum absolute atomic E-state index is 0.227. The Labute approximate surface area is 147 Å². The van der Waals surface area contributed by atoms with Crippen LogP contribution >= 0.6 is 0 Å². The van der Waals surface area contributed by atoms with Gasteiger partial charge in [-0.1, -0.05) is 24.3 Å². The van der Waals surface area contributed by atoms with Crippen LogP contribution in [0.5, 0.6) is 0 Å². The summed E-state index contributed by atoms with van der Waals surface area (Å²) in [7, 11) is 0. The van der Waals surface area contributed by atoms with Crippen molar-refractivity contribution in [3.05, 3.63) is 64.7 Å². The summed E-state index contributed by atoms with van der Waals surface area (Å²) >= 11 is 0. The second kappa shape index (κ2) is 7.81. The Morgan fingerprint density at radius 1 is 1.00 bits per heavy atom. The van der Waals surface area contributed by atoms with E-state index in [1.165, 1.54) is 18.2 Å². The molecular weight excluding hydrogens is 347 g/mol. The molecule has 2 N–H and O–H groups in total. The van der Waals surface area contributed by atoms with Crippen molar-refractivity contribution in [2.75, 3.05) is 5.32 Å². The number of hydrogen-bond donors (Lipinski definition) is 2. The predicted molar refractivity (Wildman–Crippen MR) is 91.7 cm³/mol. The first-order chi connectivity index (χ1) is 12.2. The fraction of sp³-hybridized carbons (Fsp3) is 0.167. The average molecular weight is 363 g/mol. The summed E-state index contributed by atoms with van der Waals surface area (Å²) in [5, 5.41) is 5.81. The van der Waals surface area contributed by atoms with Gasteiger partial charge in [0, 0.05) is 11.3 Å². The molecule has 2 aromatic rings. The number of rotatable bonds is 3. The van der Waals surface area contributed by atoms with E-state index in [9.17, 15) is 22.8 Å². The van der Waals surface area contributed by atoms with Crippen LogP contribution in [0.15, 0.2) is 47.6 Å². The van der Waals surface area contributed by atoms with Gasteiger partial charge in [-0.05, 0) is 43.2 Å². The van der Waals surface area contributed by atoms with E-state index >= 15 is 0 Å². The molecule has 0 unspecified atom stereocenters. The number of nitrogens with one attached hydrogen (secondary N) is 2. The highest BCUT2D eigenvalue weighted by molar-refractivity contribution is 6.39. The first-order valence-corrected chi connectivity index (χ1v) is 7.56. The topological polar surface area (TPSA) is 70.6 Å². The predicted octanol–water partition coefficient (Wildman–Crippen LogP) is 3.41. The third-order valence-corrected chi connectivity index (χ3v) is 3.61. The maximum atomic E-state index is 12.9. The summed E-state index contributed by atoms with van der Waals surface area (Å²) in [5.74, 6) is -2.07. The maximum Gasteiger partial charge on any atom is 0.417 e. The standard InChI is InChI=1S/C18H16F3N3O2/c1-11-7-8-14(9-12(11)2)23-16(25)17(26)24-22-10-13-5-3-4-6-15(13)18(19,20)21/h3-10H,1-2H3,(H,23,25)(H,24,26). The summed E-state index contributed by atoms with van der Waals surface area (Å²) in [4.78, 5) is 23.5. The third-order valence-electron chi connectivity index (χ3n) is 3.61. The molecule has 26 heavy (non-hydrogen) atoms. The quantitative estimate of drug-likeness (QED) is 0.498. The SMILES string of the molecule is Cc1ccc(NC(=O)C(=O)NN=Cc2ccccc2C(F)(F)F)cc1C. The van der Waals surface area contributed by atoms with Crippen LogP contribution in [-0.4, -0.2) is 18.0 Å². The number of hydrogen-bond acceptors (Lipinski definition) is 3. The Balaban J connectivity index is 2.01. The number of hydrazone groups is 1. The van der Waals surface area contributed by atoms with Gasteiger partial charge in [-0.2, -0.15) is 18.3 Å². The molecule has 0 aromatic heterocycles. The fourth-order valence-electron chi connectivity index (χ4n) is 2.09. The van der Waals surface area contributed by atoms with Crippen molar-refractivity contribution in [1.29, 1.82) is 0 Å². The van der Waals surface area contributed by atoms with E-state index in [0.29, 0.717) is 5.69 Å². The van der Waals surface area contributed by atoms with Gasteiger partial charge in [-0.25, -0.2) is 5.43 Å². The van der Waals surface area contributed by atoms with Crippen LogP contribution < -0.4 is 10.7 Å². The molecule has 0 saturated carbocycles. The Hall–Kier alpha value is -3.16. The second-order valence-electron chi connectivity index (χ2n) is 5.54. The minimum atomic E-state index is -4.55. The zero-order chi connectivity index (χ0) is 19.3. The van der Waals surface area contributed by atoms with Crippen molar-refractivity contribution in [1.82, 2.24) is 5.43 Å². The molecule has 0 aliphatic rings. The molecule has 0 bridgehead atoms. The number of nitrogens with zero attached hydrogens (tertiary/aromatic N) is 1. The van der Waals surface area contributed by atoms with Crippen LogP contribution in [0.25, 0.3) is 0 Å². The van der Waals surface area contributed by atoms with Gasteiger partial charge < -0.3 is 5.32 Å². The highest BCUT2D eigenvalue weighted by Gasteiger charge is 2.32. The van der Waals surface area contributed by atoms with Crippen LogP contribution in [0, 0.1) is 13.8 Å². The molecule has 2 amide bonds. The molecule has 2 rings (SSSR count). The van der Waals surface area contributed by atoms with Crippen molar-refractivity contribution in [3.63, 3.8) is 0 Å². The smallest absolute Gasteiger partial charge is 0.318 e. The van der Waals surface area contributed by atoms with E-state index in [1.807, 2.05) is 19.3 Å². The summed E-state index contributed by atoms with van der Waals surface area (Å²) < 4.78 is 38.6. The van der Waals surface area contributed by atoms with E-state index in [0.717, 1.165) is 23.4 Å². The number of carbonyl (C=O) groups is 2. The molecule has 136 valence electrons. The van der Waals surface area contributed by atoms with Crippen LogP contribution in [0.1, 0.15) is 22.3 Å². The lowest BCUT2D eigenvalue weighted by molar-refractivity contribution is -0.137. The Morgan fingerprint density at radius 3 is 2.35 bits per heavy atom. The van der Waals surface area contributed by atoms with Crippen molar-refractivity contribution >= 4 is 23.7 Å². The van der Waals surface area contributed by atoms with Gasteiger partial charge in [0.15, 0.2) is 0 Å².